The molecule has 0 fully saturated rings. The van der Waals surface area contributed by atoms with Crippen molar-refractivity contribution in [2.45, 2.75) is 19.6 Å². The third-order valence-electron chi connectivity index (χ3n) is 3.36. The quantitative estimate of drug-likeness (QED) is 0.754. The van der Waals surface area contributed by atoms with Gasteiger partial charge in [-0.3, -0.25) is 4.79 Å². The van der Waals surface area contributed by atoms with Gasteiger partial charge in [0.2, 0.25) is 0 Å². The van der Waals surface area contributed by atoms with Gasteiger partial charge in [0, 0.05) is 5.69 Å². The molecule has 0 aliphatic rings. The van der Waals surface area contributed by atoms with Gasteiger partial charge >= 0.3 is 0 Å². The van der Waals surface area contributed by atoms with Crippen LogP contribution in [0.1, 0.15) is 12.5 Å². The number of benzene rings is 2. The molecular weight excluding hydrogens is 312 g/mol. The van der Waals surface area contributed by atoms with E-state index in [2.05, 4.69) is 10.3 Å². The highest BCUT2D eigenvalue weighted by Crippen LogP contribution is 2.22. The molecule has 1 unspecified atom stereocenters. The first-order valence-corrected chi connectivity index (χ1v) is 8.04. The second-order valence-corrected chi connectivity index (χ2v) is 5.98. The predicted octanol–water partition coefficient (Wildman–Crippen LogP) is 3.19. The molecule has 3 rings (SSSR count). The number of aromatic nitrogens is 1. The zero-order valence-corrected chi connectivity index (χ0v) is 13.3. The van der Waals surface area contributed by atoms with Crippen LogP contribution in [-0.2, 0) is 11.4 Å². The molecule has 0 aliphatic carbocycles. The second kappa shape index (κ2) is 6.76. The summed E-state index contributed by atoms with van der Waals surface area (Å²) in [6.07, 6.45) is -0.652. The van der Waals surface area contributed by atoms with Crippen molar-refractivity contribution in [1.29, 1.82) is 0 Å². The molecule has 0 radical (unpaired) electrons. The first-order chi connectivity index (χ1) is 11.2. The minimum Gasteiger partial charge on any atom is -0.481 e. The van der Waals surface area contributed by atoms with Crippen LogP contribution in [0, 0.1) is 0 Å². The van der Waals surface area contributed by atoms with E-state index >= 15 is 0 Å². The van der Waals surface area contributed by atoms with E-state index in [0.717, 1.165) is 15.8 Å². The standard InChI is InChI=1S/C17H16N2O3S/c1-11(22-14-4-2-3-12(7-14)9-20)17(21)19-13-5-6-15-16(8-13)23-10-18-15/h2-8,10-11,20H,9H2,1H3,(H,19,21). The molecule has 1 atom stereocenters. The lowest BCUT2D eigenvalue weighted by molar-refractivity contribution is -0.122. The van der Waals surface area contributed by atoms with Crippen LogP contribution in [0.2, 0.25) is 0 Å². The Labute approximate surface area is 137 Å². The Morgan fingerprint density at radius 3 is 3.04 bits per heavy atom. The van der Waals surface area contributed by atoms with E-state index in [1.807, 2.05) is 18.2 Å². The van der Waals surface area contributed by atoms with Crippen molar-refractivity contribution in [1.82, 2.24) is 4.98 Å². The van der Waals surface area contributed by atoms with Crippen molar-refractivity contribution in [2.24, 2.45) is 0 Å². The van der Waals surface area contributed by atoms with Crippen LogP contribution in [-0.4, -0.2) is 22.1 Å². The van der Waals surface area contributed by atoms with Crippen LogP contribution in [0.5, 0.6) is 5.75 Å². The Morgan fingerprint density at radius 1 is 1.35 bits per heavy atom. The number of aliphatic hydroxyl groups is 1. The fourth-order valence-electron chi connectivity index (χ4n) is 2.15. The van der Waals surface area contributed by atoms with Crippen LogP contribution in [0.25, 0.3) is 10.2 Å². The smallest absolute Gasteiger partial charge is 0.265 e. The van der Waals surface area contributed by atoms with Gasteiger partial charge in [-0.2, -0.15) is 0 Å². The monoisotopic (exact) mass is 328 g/mol. The van der Waals surface area contributed by atoms with Gasteiger partial charge in [0.05, 0.1) is 22.3 Å². The lowest BCUT2D eigenvalue weighted by atomic mass is 10.2. The van der Waals surface area contributed by atoms with E-state index in [1.165, 1.54) is 11.3 Å². The van der Waals surface area contributed by atoms with Crippen molar-refractivity contribution in [3.05, 3.63) is 53.5 Å². The van der Waals surface area contributed by atoms with Gasteiger partial charge < -0.3 is 15.2 Å². The molecular formula is C17H16N2O3S. The topological polar surface area (TPSA) is 71.5 Å². The molecule has 1 aromatic heterocycles. The molecule has 2 N–H and O–H groups in total. The van der Waals surface area contributed by atoms with Crippen LogP contribution in [0.3, 0.4) is 0 Å². The first kappa shape index (κ1) is 15.5. The number of thiazole rings is 1. The number of anilines is 1. The van der Waals surface area contributed by atoms with Crippen LogP contribution < -0.4 is 10.1 Å². The maximum absolute atomic E-state index is 12.2. The lowest BCUT2D eigenvalue weighted by Crippen LogP contribution is -2.30. The maximum Gasteiger partial charge on any atom is 0.265 e. The van der Waals surface area contributed by atoms with Crippen LogP contribution >= 0.6 is 11.3 Å². The zero-order valence-electron chi connectivity index (χ0n) is 12.5. The fourth-order valence-corrected chi connectivity index (χ4v) is 2.87. The number of fused-ring (bicyclic) bond motifs is 1. The minimum atomic E-state index is -0.652. The summed E-state index contributed by atoms with van der Waals surface area (Å²) < 4.78 is 6.65. The number of amides is 1. The molecule has 0 aliphatic heterocycles. The minimum absolute atomic E-state index is 0.0629. The molecule has 23 heavy (non-hydrogen) atoms. The number of hydrogen-bond donors (Lipinski definition) is 2. The Hall–Kier alpha value is -2.44. The summed E-state index contributed by atoms with van der Waals surface area (Å²) in [5.41, 5.74) is 4.14. The summed E-state index contributed by atoms with van der Waals surface area (Å²) >= 11 is 1.53. The van der Waals surface area contributed by atoms with E-state index in [1.54, 1.807) is 36.7 Å². The average Bonchev–Trinajstić information content (AvgIpc) is 3.02. The van der Waals surface area contributed by atoms with Gasteiger partial charge in [0.1, 0.15) is 5.75 Å². The van der Waals surface area contributed by atoms with Crippen molar-refractivity contribution in [3.63, 3.8) is 0 Å². The molecule has 3 aromatic rings. The van der Waals surface area contributed by atoms with Gasteiger partial charge in [-0.05, 0) is 42.8 Å². The average molecular weight is 328 g/mol. The molecule has 1 amide bonds. The van der Waals surface area contributed by atoms with Gasteiger partial charge in [-0.1, -0.05) is 12.1 Å². The molecule has 5 nitrogen and oxygen atoms in total. The largest absolute Gasteiger partial charge is 0.481 e. The van der Waals surface area contributed by atoms with Crippen molar-refractivity contribution >= 4 is 33.1 Å². The zero-order chi connectivity index (χ0) is 16.2. The second-order valence-electron chi connectivity index (χ2n) is 5.09. The summed E-state index contributed by atoms with van der Waals surface area (Å²) in [6, 6.07) is 12.6. The Bertz CT molecular complexity index is 831. The summed E-state index contributed by atoms with van der Waals surface area (Å²) in [5, 5.41) is 12.0. The summed E-state index contributed by atoms with van der Waals surface area (Å²) in [4.78, 5) is 16.5. The number of carbonyl (C=O) groups excluding carboxylic acids is 1. The molecule has 118 valence electrons. The van der Waals surface area contributed by atoms with Gasteiger partial charge in [-0.15, -0.1) is 11.3 Å². The molecule has 6 heteroatoms. The number of rotatable bonds is 5. The lowest BCUT2D eigenvalue weighted by Gasteiger charge is -2.15. The van der Waals surface area contributed by atoms with Gasteiger partial charge in [-0.25, -0.2) is 4.98 Å². The van der Waals surface area contributed by atoms with Gasteiger partial charge in [0.15, 0.2) is 6.10 Å². The SMILES string of the molecule is CC(Oc1cccc(CO)c1)C(=O)Nc1ccc2ncsc2c1. The van der Waals surface area contributed by atoms with Crippen molar-refractivity contribution < 1.29 is 14.6 Å². The molecule has 0 saturated heterocycles. The number of ether oxygens (including phenoxy) is 1. The van der Waals surface area contributed by atoms with Crippen molar-refractivity contribution in [3.8, 4) is 5.75 Å². The summed E-state index contributed by atoms with van der Waals surface area (Å²) in [7, 11) is 0. The van der Waals surface area contributed by atoms with Crippen molar-refractivity contribution in [2.75, 3.05) is 5.32 Å². The third kappa shape index (κ3) is 3.67. The summed E-state index contributed by atoms with van der Waals surface area (Å²) in [5.74, 6) is 0.320. The highest BCUT2D eigenvalue weighted by molar-refractivity contribution is 7.16. The highest BCUT2D eigenvalue weighted by atomic mass is 32.1. The molecule has 0 saturated carbocycles. The highest BCUT2D eigenvalue weighted by Gasteiger charge is 2.15. The van der Waals surface area contributed by atoms with E-state index < -0.39 is 6.10 Å². The Morgan fingerprint density at radius 2 is 2.22 bits per heavy atom. The number of aliphatic hydroxyl groups excluding tert-OH is 1. The van der Waals surface area contributed by atoms with E-state index in [9.17, 15) is 4.79 Å². The molecule has 0 spiro atoms. The van der Waals surface area contributed by atoms with E-state index in [0.29, 0.717) is 11.4 Å². The fraction of sp³-hybridized carbons (Fsp3) is 0.176. The number of carbonyl (C=O) groups is 1. The number of hydrogen-bond acceptors (Lipinski definition) is 5. The predicted molar refractivity (Wildman–Crippen MR) is 90.7 cm³/mol. The molecule has 0 bridgehead atoms. The molecule has 2 aromatic carbocycles. The third-order valence-corrected chi connectivity index (χ3v) is 4.15. The Kier molecular flexibility index (Phi) is 4.55. The normalized spacial score (nSPS) is 12.1. The molecule has 1 heterocycles. The maximum atomic E-state index is 12.2. The number of nitrogens with one attached hydrogen (secondary N) is 1. The van der Waals surface area contributed by atoms with E-state index in [4.69, 9.17) is 9.84 Å². The van der Waals surface area contributed by atoms with Gasteiger partial charge in [0.25, 0.3) is 5.91 Å². The summed E-state index contributed by atoms with van der Waals surface area (Å²) in [6.45, 7) is 1.62. The Balaban J connectivity index is 1.66. The van der Waals surface area contributed by atoms with Crippen LogP contribution in [0.4, 0.5) is 5.69 Å². The number of nitrogens with zero attached hydrogens (tertiary/aromatic N) is 1. The van der Waals surface area contributed by atoms with E-state index in [-0.39, 0.29) is 12.5 Å². The van der Waals surface area contributed by atoms with Crippen LogP contribution in [0.15, 0.2) is 48.0 Å². The first-order valence-electron chi connectivity index (χ1n) is 7.16.